The summed E-state index contributed by atoms with van der Waals surface area (Å²) < 4.78 is 79.8. The van der Waals surface area contributed by atoms with Crippen LogP contribution in [0.1, 0.15) is 11.1 Å². The monoisotopic (exact) mass is 518 g/mol. The SMILES string of the molecule is Cc1ccc(C(O)(C(=O)NOC(=O)C(F)(F)F)C(F)(F)F)cc1-c1cnc(N)c(-c2ccnn2C)n1. The Labute approximate surface area is 197 Å². The number of halogens is 6. The lowest BCUT2D eigenvalue weighted by Crippen LogP contribution is -2.55. The molecular formula is C20H16F6N6O4. The average molecular weight is 518 g/mol. The molecule has 3 rings (SSSR count). The molecule has 0 aliphatic heterocycles. The molecule has 3 aromatic rings. The number of carbonyl (C=O) groups is 2. The summed E-state index contributed by atoms with van der Waals surface area (Å²) in [6, 6.07) is 4.14. The van der Waals surface area contributed by atoms with Gasteiger partial charge in [0.15, 0.2) is 5.82 Å². The Bertz CT molecular complexity index is 1320. The first kappa shape index (κ1) is 26.4. The van der Waals surface area contributed by atoms with Gasteiger partial charge < -0.3 is 15.7 Å². The summed E-state index contributed by atoms with van der Waals surface area (Å²) in [6.07, 6.45) is -8.78. The molecule has 0 saturated carbocycles. The molecule has 1 aromatic carbocycles. The Morgan fingerprint density at radius 2 is 1.81 bits per heavy atom. The predicted octanol–water partition coefficient (Wildman–Crippen LogP) is 2.32. The molecule has 1 unspecified atom stereocenters. The molecule has 0 aliphatic rings. The summed E-state index contributed by atoms with van der Waals surface area (Å²) in [4.78, 5) is 34.7. The topological polar surface area (TPSA) is 145 Å². The van der Waals surface area contributed by atoms with Crippen LogP contribution in [-0.2, 0) is 27.1 Å². The summed E-state index contributed by atoms with van der Waals surface area (Å²) in [7, 11) is 1.59. The maximum Gasteiger partial charge on any atom is 0.493 e. The van der Waals surface area contributed by atoms with E-state index in [2.05, 4.69) is 19.9 Å². The van der Waals surface area contributed by atoms with E-state index in [9.17, 15) is 41.0 Å². The average Bonchev–Trinajstić information content (AvgIpc) is 3.21. The quantitative estimate of drug-likeness (QED) is 0.353. The first-order chi connectivity index (χ1) is 16.6. The molecule has 0 aliphatic carbocycles. The molecule has 2 aromatic heterocycles. The molecule has 0 saturated heterocycles. The van der Waals surface area contributed by atoms with Crippen LogP contribution in [0.2, 0.25) is 0 Å². The van der Waals surface area contributed by atoms with Gasteiger partial charge in [-0.2, -0.15) is 36.9 Å². The molecule has 16 heteroatoms. The number of aryl methyl sites for hydroxylation is 2. The van der Waals surface area contributed by atoms with Gasteiger partial charge in [0.1, 0.15) is 5.69 Å². The van der Waals surface area contributed by atoms with Crippen LogP contribution in [0.15, 0.2) is 36.7 Å². The summed E-state index contributed by atoms with van der Waals surface area (Å²) in [5, 5.41) is 14.4. The van der Waals surface area contributed by atoms with Gasteiger partial charge in [-0.3, -0.25) is 9.48 Å². The van der Waals surface area contributed by atoms with Crippen molar-refractivity contribution in [3.63, 3.8) is 0 Å². The van der Waals surface area contributed by atoms with E-state index in [0.717, 1.165) is 29.9 Å². The Morgan fingerprint density at radius 1 is 1.14 bits per heavy atom. The zero-order valence-corrected chi connectivity index (χ0v) is 18.3. The van der Waals surface area contributed by atoms with E-state index in [1.807, 2.05) is 0 Å². The summed E-state index contributed by atoms with van der Waals surface area (Å²) in [5.41, 5.74) is 1.95. The maximum absolute atomic E-state index is 13.9. The number of hydroxylamine groups is 1. The number of alkyl halides is 6. The molecule has 0 fully saturated rings. The van der Waals surface area contributed by atoms with Crippen LogP contribution in [0.4, 0.5) is 32.2 Å². The zero-order chi connectivity index (χ0) is 27.1. The van der Waals surface area contributed by atoms with Crippen molar-refractivity contribution in [2.45, 2.75) is 24.9 Å². The highest BCUT2D eigenvalue weighted by Crippen LogP contribution is 2.41. The number of nitrogens with zero attached hydrogens (tertiary/aromatic N) is 4. The largest absolute Gasteiger partial charge is 0.493 e. The molecule has 1 atom stereocenters. The maximum atomic E-state index is 13.9. The van der Waals surface area contributed by atoms with Crippen LogP contribution in [0.5, 0.6) is 0 Å². The van der Waals surface area contributed by atoms with Gasteiger partial charge in [0, 0.05) is 24.4 Å². The van der Waals surface area contributed by atoms with Crippen LogP contribution in [0, 0.1) is 6.92 Å². The highest BCUT2D eigenvalue weighted by molar-refractivity contribution is 5.88. The van der Waals surface area contributed by atoms with Gasteiger partial charge >= 0.3 is 18.3 Å². The first-order valence-corrected chi connectivity index (χ1v) is 9.67. The molecule has 2 heterocycles. The number of hydrogen-bond donors (Lipinski definition) is 3. The van der Waals surface area contributed by atoms with Gasteiger partial charge in [0.05, 0.1) is 17.6 Å². The van der Waals surface area contributed by atoms with Crippen LogP contribution < -0.4 is 11.2 Å². The number of rotatable bonds is 4. The number of benzene rings is 1. The molecule has 10 nitrogen and oxygen atoms in total. The van der Waals surface area contributed by atoms with E-state index in [0.29, 0.717) is 11.3 Å². The number of aliphatic hydroxyl groups is 1. The number of hydrogen-bond acceptors (Lipinski definition) is 8. The van der Waals surface area contributed by atoms with Crippen molar-refractivity contribution < 1.29 is 45.9 Å². The number of anilines is 1. The lowest BCUT2D eigenvalue weighted by molar-refractivity contribution is -0.262. The van der Waals surface area contributed by atoms with E-state index in [-0.39, 0.29) is 22.8 Å². The Morgan fingerprint density at radius 3 is 2.36 bits per heavy atom. The lowest BCUT2D eigenvalue weighted by atomic mass is 9.89. The third kappa shape index (κ3) is 4.79. The molecule has 192 valence electrons. The molecule has 0 spiro atoms. The molecular weight excluding hydrogens is 502 g/mol. The fraction of sp³-hybridized carbons (Fsp3) is 0.250. The van der Waals surface area contributed by atoms with Crippen molar-refractivity contribution >= 4 is 17.7 Å². The van der Waals surface area contributed by atoms with Crippen molar-refractivity contribution in [1.82, 2.24) is 25.2 Å². The van der Waals surface area contributed by atoms with Crippen LogP contribution in [0.3, 0.4) is 0 Å². The second-order valence-electron chi connectivity index (χ2n) is 7.39. The summed E-state index contributed by atoms with van der Waals surface area (Å²) in [5.74, 6) is -5.50. The van der Waals surface area contributed by atoms with E-state index in [1.165, 1.54) is 17.8 Å². The van der Waals surface area contributed by atoms with Crippen molar-refractivity contribution in [2.75, 3.05) is 5.73 Å². The second-order valence-corrected chi connectivity index (χ2v) is 7.39. The zero-order valence-electron chi connectivity index (χ0n) is 18.3. The van der Waals surface area contributed by atoms with Gasteiger partial charge in [-0.05, 0) is 24.6 Å². The summed E-state index contributed by atoms with van der Waals surface area (Å²) >= 11 is 0. The van der Waals surface area contributed by atoms with Crippen molar-refractivity contribution in [2.24, 2.45) is 7.05 Å². The van der Waals surface area contributed by atoms with Crippen LogP contribution in [-0.4, -0.2) is 49.1 Å². The fourth-order valence-corrected chi connectivity index (χ4v) is 3.09. The number of aromatic nitrogens is 4. The van der Waals surface area contributed by atoms with Crippen LogP contribution in [0.25, 0.3) is 22.6 Å². The van der Waals surface area contributed by atoms with Crippen molar-refractivity contribution in [1.29, 1.82) is 0 Å². The molecule has 0 radical (unpaired) electrons. The Hall–Kier alpha value is -4.21. The smallest absolute Gasteiger partial charge is 0.382 e. The van der Waals surface area contributed by atoms with Crippen molar-refractivity contribution in [3.05, 3.63) is 47.8 Å². The first-order valence-electron chi connectivity index (χ1n) is 9.67. The molecule has 4 N–H and O–H groups in total. The standard InChI is InChI=1S/C20H16F6N6O4/c1-9-3-4-10(18(35,20(24,25)26)16(33)31-36-17(34)19(21,22)23)7-11(9)12-8-28-15(27)14(30-12)13-5-6-29-32(13)2/h3-8,35H,1-2H3,(H2,27,28)(H,31,33). The van der Waals surface area contributed by atoms with E-state index < -0.39 is 35.4 Å². The second kappa shape index (κ2) is 9.10. The number of amides is 1. The predicted molar refractivity (Wildman–Crippen MR) is 109 cm³/mol. The Kier molecular flexibility index (Phi) is 6.67. The van der Waals surface area contributed by atoms with Crippen LogP contribution >= 0.6 is 0 Å². The Balaban J connectivity index is 2.08. The molecule has 0 bridgehead atoms. The number of nitrogens with two attached hydrogens (primary N) is 1. The highest BCUT2D eigenvalue weighted by atomic mass is 19.4. The van der Waals surface area contributed by atoms with E-state index >= 15 is 0 Å². The molecule has 36 heavy (non-hydrogen) atoms. The number of nitrogens with one attached hydrogen (secondary N) is 1. The van der Waals surface area contributed by atoms with Gasteiger partial charge in [-0.25, -0.2) is 14.8 Å². The third-order valence-electron chi connectivity index (χ3n) is 5.00. The van der Waals surface area contributed by atoms with E-state index in [1.54, 1.807) is 13.1 Å². The van der Waals surface area contributed by atoms with Gasteiger partial charge in [0.2, 0.25) is 0 Å². The van der Waals surface area contributed by atoms with Gasteiger partial charge in [-0.1, -0.05) is 12.1 Å². The van der Waals surface area contributed by atoms with Gasteiger partial charge in [-0.15, -0.1) is 0 Å². The van der Waals surface area contributed by atoms with Crippen molar-refractivity contribution in [3.8, 4) is 22.6 Å². The molecule has 1 amide bonds. The number of carbonyl (C=O) groups excluding carboxylic acids is 2. The normalized spacial score (nSPS) is 13.7. The number of nitrogen functional groups attached to an aromatic ring is 1. The minimum Gasteiger partial charge on any atom is -0.382 e. The summed E-state index contributed by atoms with van der Waals surface area (Å²) in [6.45, 7) is 1.48. The van der Waals surface area contributed by atoms with E-state index in [4.69, 9.17) is 5.73 Å². The fourth-order valence-electron chi connectivity index (χ4n) is 3.09. The third-order valence-corrected chi connectivity index (χ3v) is 5.00. The highest BCUT2D eigenvalue weighted by Gasteiger charge is 2.61. The minimum atomic E-state index is -5.75. The minimum absolute atomic E-state index is 0.00631. The lowest BCUT2D eigenvalue weighted by Gasteiger charge is -2.29. The van der Waals surface area contributed by atoms with Gasteiger partial charge in [0.25, 0.3) is 11.5 Å².